The summed E-state index contributed by atoms with van der Waals surface area (Å²) in [6.45, 7) is 7.25. The van der Waals surface area contributed by atoms with Gasteiger partial charge in [0.25, 0.3) is 0 Å². The number of rotatable bonds is 4. The first-order valence-corrected chi connectivity index (χ1v) is 11.9. The highest BCUT2D eigenvalue weighted by atomic mass is 16.5. The van der Waals surface area contributed by atoms with Crippen molar-refractivity contribution in [3.63, 3.8) is 0 Å². The van der Waals surface area contributed by atoms with E-state index in [1.54, 1.807) is 0 Å². The summed E-state index contributed by atoms with van der Waals surface area (Å²) in [6, 6.07) is 5.54. The van der Waals surface area contributed by atoms with Gasteiger partial charge in [-0.3, -0.25) is 10.00 Å². The number of anilines is 1. The molecule has 1 saturated carbocycles. The third kappa shape index (κ3) is 2.91. The Hall–Kier alpha value is -2.49. The molecular formula is C23H29N7O2. The average Bonchev–Trinajstić information content (AvgIpc) is 3.35. The van der Waals surface area contributed by atoms with Crippen molar-refractivity contribution in [2.45, 2.75) is 44.3 Å². The number of nitrogens with one attached hydrogen (secondary N) is 1. The largest absolute Gasteiger partial charge is 0.378 e. The highest BCUT2D eigenvalue weighted by Crippen LogP contribution is 2.50. The molecule has 3 aromatic rings. The minimum Gasteiger partial charge on any atom is -0.378 e. The van der Waals surface area contributed by atoms with Crippen molar-refractivity contribution in [1.82, 2.24) is 29.9 Å². The van der Waals surface area contributed by atoms with Gasteiger partial charge in [0, 0.05) is 43.2 Å². The average molecular weight is 436 g/mol. The lowest BCUT2D eigenvalue weighted by Crippen LogP contribution is -2.51. The van der Waals surface area contributed by atoms with Crippen LogP contribution in [0.15, 0.2) is 18.3 Å². The van der Waals surface area contributed by atoms with Gasteiger partial charge in [0.15, 0.2) is 11.5 Å². The molecule has 32 heavy (non-hydrogen) atoms. The zero-order valence-electron chi connectivity index (χ0n) is 18.4. The van der Waals surface area contributed by atoms with Crippen molar-refractivity contribution >= 4 is 16.9 Å². The second-order valence-corrected chi connectivity index (χ2v) is 9.64. The standard InChI is InChI=1S/C23H29N7O2/c1-14-11-31-9-8-28(14)20-10-17-21-18(27-30(23(21)25-20)19-4-6-24-26-19)5-7-29(16-12-32-13-16)22(17)15-2-3-15/h4,6,10,14-16,22H,2-3,5,7-9,11-13H2,1H3,(H,24,26)/t14-,22?/m1/s1. The summed E-state index contributed by atoms with van der Waals surface area (Å²) >= 11 is 0. The van der Waals surface area contributed by atoms with Crippen LogP contribution in [-0.4, -0.2) is 81.5 Å². The molecule has 1 aliphatic carbocycles. The van der Waals surface area contributed by atoms with E-state index in [1.165, 1.54) is 23.8 Å². The van der Waals surface area contributed by atoms with Crippen molar-refractivity contribution in [3.8, 4) is 5.82 Å². The van der Waals surface area contributed by atoms with Gasteiger partial charge in [0.2, 0.25) is 0 Å². The fourth-order valence-corrected chi connectivity index (χ4v) is 5.67. The van der Waals surface area contributed by atoms with Crippen LogP contribution in [0.4, 0.5) is 5.82 Å². The molecule has 1 unspecified atom stereocenters. The molecule has 3 fully saturated rings. The fourth-order valence-electron chi connectivity index (χ4n) is 5.67. The summed E-state index contributed by atoms with van der Waals surface area (Å²) in [6.07, 6.45) is 5.36. The lowest BCUT2D eigenvalue weighted by Gasteiger charge is -2.42. The van der Waals surface area contributed by atoms with Crippen LogP contribution in [0.25, 0.3) is 16.9 Å². The van der Waals surface area contributed by atoms with Gasteiger partial charge >= 0.3 is 0 Å². The Bertz CT molecular complexity index is 1140. The lowest BCUT2D eigenvalue weighted by atomic mass is 9.96. The van der Waals surface area contributed by atoms with E-state index in [9.17, 15) is 0 Å². The maximum atomic E-state index is 5.71. The predicted octanol–water partition coefficient (Wildman–Crippen LogP) is 2.08. The van der Waals surface area contributed by atoms with Crippen LogP contribution in [0.1, 0.15) is 37.1 Å². The molecular weight excluding hydrogens is 406 g/mol. The first-order chi connectivity index (χ1) is 15.8. The van der Waals surface area contributed by atoms with Gasteiger partial charge in [-0.1, -0.05) is 0 Å². The number of morpholine rings is 1. The van der Waals surface area contributed by atoms with Crippen LogP contribution in [0, 0.1) is 5.92 Å². The predicted molar refractivity (Wildman–Crippen MR) is 119 cm³/mol. The Morgan fingerprint density at radius 1 is 1.09 bits per heavy atom. The number of nitrogens with zero attached hydrogens (tertiary/aromatic N) is 6. The number of hydrogen-bond acceptors (Lipinski definition) is 7. The quantitative estimate of drug-likeness (QED) is 0.672. The summed E-state index contributed by atoms with van der Waals surface area (Å²) < 4.78 is 13.3. The van der Waals surface area contributed by atoms with E-state index >= 15 is 0 Å². The van der Waals surface area contributed by atoms with Crippen molar-refractivity contribution in [2.75, 3.05) is 44.4 Å². The second kappa shape index (κ2) is 7.26. The third-order valence-electron chi connectivity index (χ3n) is 7.53. The Morgan fingerprint density at radius 3 is 2.72 bits per heavy atom. The van der Waals surface area contributed by atoms with Crippen LogP contribution in [0.5, 0.6) is 0 Å². The Labute approximate surface area is 186 Å². The van der Waals surface area contributed by atoms with Gasteiger partial charge in [-0.2, -0.15) is 14.9 Å². The molecule has 6 heterocycles. The van der Waals surface area contributed by atoms with Crippen LogP contribution in [0.2, 0.25) is 0 Å². The number of ether oxygens (including phenoxy) is 2. The molecule has 1 N–H and O–H groups in total. The maximum Gasteiger partial charge on any atom is 0.177 e. The molecule has 168 valence electrons. The Morgan fingerprint density at radius 2 is 2.00 bits per heavy atom. The number of aromatic amines is 1. The molecule has 2 saturated heterocycles. The normalized spacial score (nSPS) is 27.0. The minimum atomic E-state index is 0.295. The van der Waals surface area contributed by atoms with E-state index in [-0.39, 0.29) is 0 Å². The topological polar surface area (TPSA) is 84.3 Å². The van der Waals surface area contributed by atoms with E-state index in [1.807, 2.05) is 16.9 Å². The molecule has 9 heteroatoms. The van der Waals surface area contributed by atoms with Crippen molar-refractivity contribution < 1.29 is 9.47 Å². The van der Waals surface area contributed by atoms with Gasteiger partial charge < -0.3 is 14.4 Å². The maximum absolute atomic E-state index is 5.71. The molecule has 0 amide bonds. The zero-order valence-corrected chi connectivity index (χ0v) is 18.4. The van der Waals surface area contributed by atoms with E-state index < -0.39 is 0 Å². The SMILES string of the molecule is C[C@@H]1COCCN1c1cc2c3c(nn(-c4cc[nH]n4)c3n1)CCN(C1COC1)C2C1CC1. The first-order valence-electron chi connectivity index (χ1n) is 11.9. The molecule has 0 bridgehead atoms. The Kier molecular flexibility index (Phi) is 4.32. The van der Waals surface area contributed by atoms with E-state index in [4.69, 9.17) is 19.6 Å². The number of hydrogen-bond donors (Lipinski definition) is 1. The summed E-state index contributed by atoms with van der Waals surface area (Å²) in [5.41, 5.74) is 3.46. The van der Waals surface area contributed by atoms with Crippen LogP contribution in [0.3, 0.4) is 0 Å². The second-order valence-electron chi connectivity index (χ2n) is 9.64. The summed E-state index contributed by atoms with van der Waals surface area (Å²) in [4.78, 5) is 10.3. The minimum absolute atomic E-state index is 0.295. The Balaban J connectivity index is 1.45. The van der Waals surface area contributed by atoms with Crippen LogP contribution < -0.4 is 4.90 Å². The zero-order chi connectivity index (χ0) is 21.2. The smallest absolute Gasteiger partial charge is 0.177 e. The summed E-state index contributed by atoms with van der Waals surface area (Å²) in [5.74, 6) is 2.53. The molecule has 0 spiro atoms. The molecule has 2 atom stereocenters. The van der Waals surface area contributed by atoms with Crippen molar-refractivity contribution in [1.29, 1.82) is 0 Å². The number of aromatic nitrogens is 5. The molecule has 4 aliphatic rings. The molecule has 3 aromatic heterocycles. The van der Waals surface area contributed by atoms with Crippen LogP contribution >= 0.6 is 0 Å². The summed E-state index contributed by atoms with van der Waals surface area (Å²) in [5, 5.41) is 13.6. The summed E-state index contributed by atoms with van der Waals surface area (Å²) in [7, 11) is 0. The number of H-pyrrole nitrogens is 1. The van der Waals surface area contributed by atoms with Gasteiger partial charge in [-0.25, -0.2) is 4.98 Å². The fraction of sp³-hybridized carbons (Fsp3) is 0.609. The molecule has 9 nitrogen and oxygen atoms in total. The first kappa shape index (κ1) is 19.0. The van der Waals surface area contributed by atoms with Crippen LogP contribution in [-0.2, 0) is 15.9 Å². The molecule has 7 rings (SSSR count). The molecule has 0 radical (unpaired) electrons. The molecule has 0 aromatic carbocycles. The van der Waals surface area contributed by atoms with Crippen molar-refractivity contribution in [3.05, 3.63) is 29.6 Å². The van der Waals surface area contributed by atoms with Gasteiger partial charge in [0.05, 0.1) is 44.2 Å². The third-order valence-corrected chi connectivity index (χ3v) is 7.53. The lowest BCUT2D eigenvalue weighted by molar-refractivity contribution is -0.0823. The van der Waals surface area contributed by atoms with Gasteiger partial charge in [0.1, 0.15) is 5.82 Å². The van der Waals surface area contributed by atoms with E-state index in [2.05, 4.69) is 33.0 Å². The van der Waals surface area contributed by atoms with Crippen molar-refractivity contribution in [2.24, 2.45) is 5.92 Å². The van der Waals surface area contributed by atoms with Gasteiger partial charge in [-0.05, 0) is 37.3 Å². The highest BCUT2D eigenvalue weighted by Gasteiger charge is 2.44. The number of pyridine rings is 1. The molecule has 3 aliphatic heterocycles. The van der Waals surface area contributed by atoms with Gasteiger partial charge in [-0.15, -0.1) is 0 Å². The van der Waals surface area contributed by atoms with E-state index in [0.717, 1.165) is 68.9 Å². The monoisotopic (exact) mass is 435 g/mol. The highest BCUT2D eigenvalue weighted by molar-refractivity contribution is 5.86. The van der Waals surface area contributed by atoms with E-state index in [0.29, 0.717) is 24.0 Å².